The van der Waals surface area contributed by atoms with Gasteiger partial charge in [-0.15, -0.1) is 0 Å². The van der Waals surface area contributed by atoms with E-state index in [1.165, 1.54) is 6.92 Å². The molecule has 0 saturated heterocycles. The maximum atomic E-state index is 11.5. The standard InChI is InChI=1S/C8H10N4O5/c1-3-6-7(9-12(16)17)8(11(14)15)5(2)4-10(6)13/h4,9H,3H2,1-2H3. The number of hydrogen-bond acceptors (Lipinski definition) is 5. The van der Waals surface area contributed by atoms with Gasteiger partial charge in [0.2, 0.25) is 11.4 Å². The Hall–Kier alpha value is -2.45. The van der Waals surface area contributed by atoms with Gasteiger partial charge in [-0.1, -0.05) is 12.3 Å². The van der Waals surface area contributed by atoms with Crippen molar-refractivity contribution < 1.29 is 14.7 Å². The van der Waals surface area contributed by atoms with Crippen LogP contribution in [0.4, 0.5) is 11.4 Å². The lowest BCUT2D eigenvalue weighted by molar-refractivity contribution is -0.614. The molecule has 0 aliphatic rings. The predicted octanol–water partition coefficient (Wildman–Crippen LogP) is 0.703. The number of hydrogen-bond donors (Lipinski definition) is 1. The minimum atomic E-state index is -0.930. The number of nitrogens with one attached hydrogen (secondary N) is 1. The van der Waals surface area contributed by atoms with Gasteiger partial charge in [0.1, 0.15) is 0 Å². The van der Waals surface area contributed by atoms with Crippen molar-refractivity contribution in [2.45, 2.75) is 20.3 Å². The van der Waals surface area contributed by atoms with Crippen molar-refractivity contribution in [3.05, 3.63) is 42.9 Å². The fourth-order valence-corrected chi connectivity index (χ4v) is 1.54. The summed E-state index contributed by atoms with van der Waals surface area (Å²) in [4.78, 5) is 20.5. The third-order valence-electron chi connectivity index (χ3n) is 2.20. The van der Waals surface area contributed by atoms with Crippen LogP contribution in [0.5, 0.6) is 0 Å². The minimum Gasteiger partial charge on any atom is -0.618 e. The molecule has 0 amide bonds. The summed E-state index contributed by atoms with van der Waals surface area (Å²) < 4.78 is 0.397. The number of rotatable bonds is 4. The Morgan fingerprint density at radius 2 is 2.00 bits per heavy atom. The van der Waals surface area contributed by atoms with E-state index >= 15 is 0 Å². The highest BCUT2D eigenvalue weighted by atomic mass is 16.7. The molecule has 9 heteroatoms. The largest absolute Gasteiger partial charge is 0.618 e. The van der Waals surface area contributed by atoms with Crippen molar-refractivity contribution in [1.82, 2.24) is 0 Å². The van der Waals surface area contributed by atoms with E-state index in [0.29, 0.717) is 4.73 Å². The normalized spacial score (nSPS) is 10.0. The van der Waals surface area contributed by atoms with E-state index in [9.17, 15) is 25.4 Å². The Labute approximate surface area is 95.5 Å². The van der Waals surface area contributed by atoms with Crippen molar-refractivity contribution in [2.24, 2.45) is 0 Å². The van der Waals surface area contributed by atoms with Gasteiger partial charge in [0.25, 0.3) is 0 Å². The molecule has 1 rings (SSSR count). The zero-order chi connectivity index (χ0) is 13.2. The number of hydrazine groups is 1. The Morgan fingerprint density at radius 1 is 1.41 bits per heavy atom. The number of pyridine rings is 1. The summed E-state index contributed by atoms with van der Waals surface area (Å²) in [5, 5.41) is 31.8. The lowest BCUT2D eigenvalue weighted by Crippen LogP contribution is -2.34. The fourth-order valence-electron chi connectivity index (χ4n) is 1.54. The molecule has 17 heavy (non-hydrogen) atoms. The molecule has 0 radical (unpaired) electrons. The van der Waals surface area contributed by atoms with Crippen LogP contribution in [0.1, 0.15) is 18.2 Å². The van der Waals surface area contributed by atoms with Crippen LogP contribution in [0, 0.1) is 32.4 Å². The molecule has 0 aliphatic heterocycles. The Bertz CT molecular complexity index is 487. The van der Waals surface area contributed by atoms with Crippen LogP contribution < -0.4 is 10.2 Å². The zero-order valence-electron chi connectivity index (χ0n) is 9.17. The molecule has 1 heterocycles. The average molecular weight is 242 g/mol. The van der Waals surface area contributed by atoms with E-state index < -0.39 is 15.6 Å². The van der Waals surface area contributed by atoms with Crippen LogP contribution in [-0.2, 0) is 6.42 Å². The number of nitro groups is 2. The third-order valence-corrected chi connectivity index (χ3v) is 2.20. The van der Waals surface area contributed by atoms with E-state index in [-0.39, 0.29) is 23.4 Å². The van der Waals surface area contributed by atoms with Gasteiger partial charge in [-0.05, 0) is 6.92 Å². The zero-order valence-corrected chi connectivity index (χ0v) is 9.17. The summed E-state index contributed by atoms with van der Waals surface area (Å²) in [7, 11) is 0. The molecule has 0 unspecified atom stereocenters. The number of nitrogens with zero attached hydrogens (tertiary/aromatic N) is 3. The van der Waals surface area contributed by atoms with Crippen molar-refractivity contribution in [2.75, 3.05) is 5.43 Å². The summed E-state index contributed by atoms with van der Waals surface area (Å²) >= 11 is 0. The van der Waals surface area contributed by atoms with Crippen molar-refractivity contribution in [3.63, 3.8) is 0 Å². The average Bonchev–Trinajstić information content (AvgIpc) is 2.15. The van der Waals surface area contributed by atoms with E-state index in [0.717, 1.165) is 6.20 Å². The summed E-state index contributed by atoms with van der Waals surface area (Å²) in [6.07, 6.45) is 1.17. The number of aryl methyl sites for hydroxylation is 1. The molecule has 1 N–H and O–H groups in total. The van der Waals surface area contributed by atoms with Crippen LogP contribution in [0.15, 0.2) is 6.20 Å². The van der Waals surface area contributed by atoms with Crippen molar-refractivity contribution in [1.29, 1.82) is 0 Å². The molecular weight excluding hydrogens is 232 g/mol. The van der Waals surface area contributed by atoms with Gasteiger partial charge in [0, 0.05) is 6.42 Å². The number of anilines is 1. The molecule has 9 nitrogen and oxygen atoms in total. The molecule has 0 aromatic carbocycles. The van der Waals surface area contributed by atoms with Crippen molar-refractivity contribution in [3.8, 4) is 0 Å². The molecule has 0 fully saturated rings. The third kappa shape index (κ3) is 2.38. The molecule has 0 atom stereocenters. The smallest absolute Gasteiger partial charge is 0.313 e. The molecule has 0 aliphatic carbocycles. The first-order valence-electron chi connectivity index (χ1n) is 4.69. The van der Waals surface area contributed by atoms with Gasteiger partial charge in [0.05, 0.1) is 10.5 Å². The Balaban J connectivity index is 3.56. The van der Waals surface area contributed by atoms with Gasteiger partial charge in [-0.25, -0.2) is 10.1 Å². The predicted molar refractivity (Wildman–Crippen MR) is 56.8 cm³/mol. The lowest BCUT2D eigenvalue weighted by atomic mass is 10.1. The lowest BCUT2D eigenvalue weighted by Gasteiger charge is -2.08. The van der Waals surface area contributed by atoms with Gasteiger partial charge >= 0.3 is 5.69 Å². The molecule has 92 valence electrons. The van der Waals surface area contributed by atoms with Gasteiger partial charge in [-0.2, -0.15) is 4.73 Å². The van der Waals surface area contributed by atoms with Crippen LogP contribution in [0.2, 0.25) is 0 Å². The highest BCUT2D eigenvalue weighted by Gasteiger charge is 2.30. The van der Waals surface area contributed by atoms with E-state index in [2.05, 4.69) is 0 Å². The maximum Gasteiger partial charge on any atom is 0.313 e. The Kier molecular flexibility index (Phi) is 3.41. The monoisotopic (exact) mass is 242 g/mol. The van der Waals surface area contributed by atoms with Crippen molar-refractivity contribution >= 4 is 11.4 Å². The first kappa shape index (κ1) is 12.6. The second kappa shape index (κ2) is 4.60. The first-order valence-corrected chi connectivity index (χ1v) is 4.69. The summed E-state index contributed by atoms with van der Waals surface area (Å²) in [6, 6.07) is 0. The van der Waals surface area contributed by atoms with Crippen LogP contribution >= 0.6 is 0 Å². The second-order valence-corrected chi connectivity index (χ2v) is 3.29. The fraction of sp³-hybridized carbons (Fsp3) is 0.375. The molecule has 0 saturated carbocycles. The molecule has 1 aromatic rings. The SMILES string of the molecule is CCc1c(N[N+](=O)[O-])c([N+](=O)[O-])c(C)c[n+]1[O-]. The van der Waals surface area contributed by atoms with Crippen LogP contribution in [-0.4, -0.2) is 9.96 Å². The summed E-state index contributed by atoms with van der Waals surface area (Å²) in [5.74, 6) is 0. The van der Waals surface area contributed by atoms with E-state index in [1.54, 1.807) is 12.3 Å². The number of aromatic nitrogens is 1. The Morgan fingerprint density at radius 3 is 2.41 bits per heavy atom. The van der Waals surface area contributed by atoms with Gasteiger partial charge in [0.15, 0.2) is 11.2 Å². The first-order chi connectivity index (χ1) is 7.88. The second-order valence-electron chi connectivity index (χ2n) is 3.29. The summed E-state index contributed by atoms with van der Waals surface area (Å²) in [5.41, 5.74) is 0.918. The molecule has 0 spiro atoms. The quantitative estimate of drug-likeness (QED) is 0.358. The highest BCUT2D eigenvalue weighted by Crippen LogP contribution is 2.29. The van der Waals surface area contributed by atoms with Crippen LogP contribution in [0.25, 0.3) is 0 Å². The van der Waals surface area contributed by atoms with Gasteiger partial charge < -0.3 is 5.21 Å². The van der Waals surface area contributed by atoms with E-state index in [4.69, 9.17) is 0 Å². The minimum absolute atomic E-state index is 0.0426. The molecule has 0 bridgehead atoms. The highest BCUT2D eigenvalue weighted by molar-refractivity contribution is 5.64. The maximum absolute atomic E-state index is 11.5. The topological polar surface area (TPSA) is 125 Å². The van der Waals surface area contributed by atoms with Gasteiger partial charge in [-0.3, -0.25) is 10.1 Å². The molecular formula is C8H10N4O5. The summed E-state index contributed by atoms with van der Waals surface area (Å²) in [6.45, 7) is 2.92. The van der Waals surface area contributed by atoms with Crippen LogP contribution in [0.3, 0.4) is 0 Å². The molecule has 1 aromatic heterocycles. The van der Waals surface area contributed by atoms with E-state index in [1.807, 2.05) is 0 Å².